The number of nitrogens with zero attached hydrogens (tertiary/aromatic N) is 3. The number of benzene rings is 1. The van der Waals surface area contributed by atoms with Crippen LogP contribution >= 0.6 is 11.8 Å². The van der Waals surface area contributed by atoms with Crippen LogP contribution in [0.1, 0.15) is 18.4 Å². The highest BCUT2D eigenvalue weighted by Crippen LogP contribution is 2.22. The number of guanidine groups is 1. The van der Waals surface area contributed by atoms with E-state index in [9.17, 15) is 4.79 Å². The maximum atomic E-state index is 11.8. The first-order valence-electron chi connectivity index (χ1n) is 7.76. The van der Waals surface area contributed by atoms with Gasteiger partial charge in [-0.3, -0.25) is 4.79 Å². The van der Waals surface area contributed by atoms with Crippen LogP contribution in [0.2, 0.25) is 0 Å². The maximum absolute atomic E-state index is 11.8. The van der Waals surface area contributed by atoms with Gasteiger partial charge in [-0.15, -0.1) is 0 Å². The third-order valence-corrected chi connectivity index (χ3v) is 5.00. The first-order chi connectivity index (χ1) is 10.7. The van der Waals surface area contributed by atoms with Crippen molar-refractivity contribution in [2.24, 2.45) is 10.7 Å². The molecule has 2 fully saturated rings. The standard InChI is InChI=1S/C16H22N4OS/c17-16(19-7-9-22-10-8-19)18-12-13-3-1-4-14(11-13)20-6-2-5-15(20)21/h1,3-4,11H,2,5-10,12H2,(H2,17,18). The van der Waals surface area contributed by atoms with E-state index in [2.05, 4.69) is 9.89 Å². The molecule has 2 aliphatic heterocycles. The molecule has 5 nitrogen and oxygen atoms in total. The molecule has 1 amide bonds. The molecule has 2 N–H and O–H groups in total. The summed E-state index contributed by atoms with van der Waals surface area (Å²) in [5.74, 6) is 3.07. The summed E-state index contributed by atoms with van der Waals surface area (Å²) in [6, 6.07) is 8.06. The van der Waals surface area contributed by atoms with E-state index < -0.39 is 0 Å². The second-order valence-corrected chi connectivity index (χ2v) is 6.82. The van der Waals surface area contributed by atoms with Gasteiger partial charge in [-0.2, -0.15) is 11.8 Å². The largest absolute Gasteiger partial charge is 0.370 e. The molecule has 0 atom stereocenters. The lowest BCUT2D eigenvalue weighted by Gasteiger charge is -2.27. The summed E-state index contributed by atoms with van der Waals surface area (Å²) < 4.78 is 0. The Morgan fingerprint density at radius 2 is 2.09 bits per heavy atom. The van der Waals surface area contributed by atoms with E-state index in [4.69, 9.17) is 5.73 Å². The van der Waals surface area contributed by atoms with Crippen LogP contribution in [-0.2, 0) is 11.3 Å². The highest BCUT2D eigenvalue weighted by Gasteiger charge is 2.21. The van der Waals surface area contributed by atoms with Crippen LogP contribution in [0.5, 0.6) is 0 Å². The molecule has 0 saturated carbocycles. The molecule has 2 saturated heterocycles. The number of carbonyl (C=O) groups excluding carboxylic acids is 1. The summed E-state index contributed by atoms with van der Waals surface area (Å²) >= 11 is 1.96. The molecule has 0 aromatic heterocycles. The third kappa shape index (κ3) is 3.55. The molecular formula is C16H22N4OS. The number of hydrogen-bond donors (Lipinski definition) is 1. The number of nitrogens with two attached hydrogens (primary N) is 1. The van der Waals surface area contributed by atoms with Gasteiger partial charge in [0.15, 0.2) is 5.96 Å². The minimum atomic E-state index is 0.214. The quantitative estimate of drug-likeness (QED) is 0.680. The van der Waals surface area contributed by atoms with Crippen molar-refractivity contribution in [3.63, 3.8) is 0 Å². The number of rotatable bonds is 3. The second-order valence-electron chi connectivity index (χ2n) is 5.59. The summed E-state index contributed by atoms with van der Waals surface area (Å²) in [5, 5.41) is 0. The zero-order chi connectivity index (χ0) is 15.4. The molecule has 6 heteroatoms. The zero-order valence-electron chi connectivity index (χ0n) is 12.7. The average Bonchev–Trinajstić information content (AvgIpc) is 3.00. The second kappa shape index (κ2) is 7.05. The van der Waals surface area contributed by atoms with Gasteiger partial charge in [0.25, 0.3) is 0 Å². The Labute approximate surface area is 135 Å². The third-order valence-electron chi connectivity index (χ3n) is 4.05. The molecule has 2 heterocycles. The van der Waals surface area contributed by atoms with Crippen LogP contribution in [0.15, 0.2) is 29.3 Å². The van der Waals surface area contributed by atoms with Crippen LogP contribution in [0.3, 0.4) is 0 Å². The molecule has 2 aliphatic rings. The van der Waals surface area contributed by atoms with Gasteiger partial charge in [0.1, 0.15) is 0 Å². The van der Waals surface area contributed by atoms with Gasteiger partial charge in [-0.1, -0.05) is 12.1 Å². The fourth-order valence-corrected chi connectivity index (χ4v) is 3.71. The maximum Gasteiger partial charge on any atom is 0.227 e. The van der Waals surface area contributed by atoms with Gasteiger partial charge in [0.2, 0.25) is 5.91 Å². The van der Waals surface area contributed by atoms with Crippen molar-refractivity contribution in [1.82, 2.24) is 4.90 Å². The number of anilines is 1. The van der Waals surface area contributed by atoms with Crippen molar-refractivity contribution >= 4 is 29.3 Å². The topological polar surface area (TPSA) is 61.9 Å². The summed E-state index contributed by atoms with van der Waals surface area (Å²) in [6.07, 6.45) is 1.60. The lowest BCUT2D eigenvalue weighted by atomic mass is 10.2. The molecule has 3 rings (SSSR count). The van der Waals surface area contributed by atoms with E-state index in [-0.39, 0.29) is 5.91 Å². The van der Waals surface area contributed by atoms with Gasteiger partial charge in [-0.05, 0) is 24.1 Å². The number of carbonyl (C=O) groups is 1. The summed E-state index contributed by atoms with van der Waals surface area (Å²) in [4.78, 5) is 20.3. The summed E-state index contributed by atoms with van der Waals surface area (Å²) in [5.41, 5.74) is 8.15. The van der Waals surface area contributed by atoms with Gasteiger partial charge in [0.05, 0.1) is 6.54 Å². The average molecular weight is 318 g/mol. The lowest BCUT2D eigenvalue weighted by Crippen LogP contribution is -2.42. The Kier molecular flexibility index (Phi) is 4.87. The van der Waals surface area contributed by atoms with Gasteiger partial charge in [0, 0.05) is 43.2 Å². The van der Waals surface area contributed by atoms with Crippen molar-refractivity contribution in [3.8, 4) is 0 Å². The minimum Gasteiger partial charge on any atom is -0.370 e. The molecule has 0 radical (unpaired) electrons. The first kappa shape index (κ1) is 15.2. The van der Waals surface area contributed by atoms with E-state index in [1.165, 1.54) is 0 Å². The van der Waals surface area contributed by atoms with Crippen molar-refractivity contribution < 1.29 is 4.79 Å². The zero-order valence-corrected chi connectivity index (χ0v) is 13.5. The number of aliphatic imine (C=N–C) groups is 1. The molecule has 1 aromatic rings. The summed E-state index contributed by atoms with van der Waals surface area (Å²) in [6.45, 7) is 3.33. The predicted octanol–water partition coefficient (Wildman–Crippen LogP) is 1.68. The monoisotopic (exact) mass is 318 g/mol. The fraction of sp³-hybridized carbons (Fsp3) is 0.500. The molecule has 0 unspecified atom stereocenters. The van der Waals surface area contributed by atoms with Gasteiger partial charge < -0.3 is 15.5 Å². The minimum absolute atomic E-state index is 0.214. The number of hydrogen-bond acceptors (Lipinski definition) is 3. The van der Waals surface area contributed by atoms with Crippen LogP contribution in [0.25, 0.3) is 0 Å². The highest BCUT2D eigenvalue weighted by atomic mass is 32.2. The van der Waals surface area contributed by atoms with Gasteiger partial charge >= 0.3 is 0 Å². The smallest absolute Gasteiger partial charge is 0.227 e. The molecule has 0 bridgehead atoms. The molecule has 22 heavy (non-hydrogen) atoms. The fourth-order valence-electron chi connectivity index (χ4n) is 2.81. The number of thioether (sulfide) groups is 1. The molecule has 0 spiro atoms. The Bertz CT molecular complexity index is 569. The van der Waals surface area contributed by atoms with E-state index in [0.29, 0.717) is 18.9 Å². The molecule has 118 valence electrons. The first-order valence-corrected chi connectivity index (χ1v) is 8.91. The Hall–Kier alpha value is -1.69. The van der Waals surface area contributed by atoms with Crippen molar-refractivity contribution in [2.75, 3.05) is 36.0 Å². The van der Waals surface area contributed by atoms with Crippen LogP contribution in [0.4, 0.5) is 5.69 Å². The highest BCUT2D eigenvalue weighted by molar-refractivity contribution is 7.99. The van der Waals surface area contributed by atoms with E-state index in [0.717, 1.165) is 48.8 Å². The van der Waals surface area contributed by atoms with Gasteiger partial charge in [-0.25, -0.2) is 4.99 Å². The van der Waals surface area contributed by atoms with E-state index in [1.807, 2.05) is 40.9 Å². The van der Waals surface area contributed by atoms with E-state index in [1.54, 1.807) is 0 Å². The number of amides is 1. The predicted molar refractivity (Wildman–Crippen MR) is 92.3 cm³/mol. The normalized spacial score (nSPS) is 19.8. The molecule has 1 aromatic carbocycles. The van der Waals surface area contributed by atoms with Crippen LogP contribution < -0.4 is 10.6 Å². The SMILES string of the molecule is NC(=NCc1cccc(N2CCCC2=O)c1)N1CCSCC1. The molecule has 0 aliphatic carbocycles. The van der Waals surface area contributed by atoms with Crippen LogP contribution in [0, 0.1) is 0 Å². The van der Waals surface area contributed by atoms with Crippen molar-refractivity contribution in [1.29, 1.82) is 0 Å². The summed E-state index contributed by atoms with van der Waals surface area (Å²) in [7, 11) is 0. The Morgan fingerprint density at radius 1 is 1.27 bits per heavy atom. The Balaban J connectivity index is 1.66. The van der Waals surface area contributed by atoms with Crippen molar-refractivity contribution in [3.05, 3.63) is 29.8 Å². The lowest BCUT2D eigenvalue weighted by molar-refractivity contribution is -0.117. The van der Waals surface area contributed by atoms with Crippen molar-refractivity contribution in [2.45, 2.75) is 19.4 Å². The Morgan fingerprint density at radius 3 is 2.82 bits per heavy atom. The molecular weight excluding hydrogens is 296 g/mol. The van der Waals surface area contributed by atoms with E-state index >= 15 is 0 Å². The van der Waals surface area contributed by atoms with Crippen LogP contribution in [-0.4, -0.2) is 47.9 Å².